The second-order valence-corrected chi connectivity index (χ2v) is 8.55. The number of piperazine rings is 1. The Balaban J connectivity index is 1.43. The average Bonchev–Trinajstić information content (AvgIpc) is 3.28. The van der Waals surface area contributed by atoms with E-state index in [1.54, 1.807) is 29.4 Å². The Morgan fingerprint density at radius 3 is 2.26 bits per heavy atom. The minimum absolute atomic E-state index is 0.0973. The third kappa shape index (κ3) is 4.77. The van der Waals surface area contributed by atoms with E-state index < -0.39 is 22.1 Å². The van der Waals surface area contributed by atoms with Crippen LogP contribution in [-0.4, -0.2) is 64.8 Å². The quantitative estimate of drug-likeness (QED) is 0.583. The lowest BCUT2D eigenvalue weighted by molar-refractivity contribution is -0.274. The van der Waals surface area contributed by atoms with E-state index in [2.05, 4.69) is 19.7 Å². The fourth-order valence-corrected chi connectivity index (χ4v) is 4.59. The molecule has 0 saturated carbocycles. The predicted octanol–water partition coefficient (Wildman–Crippen LogP) is 2.07. The zero-order chi connectivity index (χ0) is 22.1. The molecule has 3 aromatic rings. The van der Waals surface area contributed by atoms with Gasteiger partial charge in [0, 0.05) is 44.6 Å². The number of benzene rings is 1. The molecular formula is C18H17F3N6O3S. The second kappa shape index (κ2) is 8.15. The van der Waals surface area contributed by atoms with E-state index in [1.807, 2.05) is 4.90 Å². The fraction of sp³-hybridized carbons (Fsp3) is 0.278. The van der Waals surface area contributed by atoms with Gasteiger partial charge in [-0.1, -0.05) is 0 Å². The molecule has 0 atom stereocenters. The summed E-state index contributed by atoms with van der Waals surface area (Å²) >= 11 is 0. The van der Waals surface area contributed by atoms with Crippen LogP contribution < -0.4 is 9.64 Å². The van der Waals surface area contributed by atoms with Crippen molar-refractivity contribution in [3.63, 3.8) is 0 Å². The highest BCUT2D eigenvalue weighted by molar-refractivity contribution is 7.89. The molecule has 0 N–H and O–H groups in total. The minimum atomic E-state index is -4.84. The van der Waals surface area contributed by atoms with Gasteiger partial charge in [0.05, 0.1) is 4.90 Å². The third-order valence-electron chi connectivity index (χ3n) is 4.66. The molecule has 3 heterocycles. The zero-order valence-electron chi connectivity index (χ0n) is 16.0. The Hall–Kier alpha value is -3.19. The van der Waals surface area contributed by atoms with Crippen molar-refractivity contribution in [3.8, 4) is 11.6 Å². The molecular weight excluding hydrogens is 437 g/mol. The SMILES string of the molecule is O=S(=O)(c1ccc(OC(F)(F)F)cc1)N1CCN(c2cc(-n3ccnc3)ncn2)CC1. The normalized spacial score (nSPS) is 15.8. The standard InChI is InChI=1S/C18H17F3N6O3S/c19-18(20,21)30-14-1-3-15(4-2-14)31(28,29)27-9-7-25(8-10-27)16-11-17(24-12-23-16)26-6-5-22-13-26/h1-6,11-13H,7-10H2. The highest BCUT2D eigenvalue weighted by atomic mass is 32.2. The molecule has 1 aliphatic rings. The van der Waals surface area contributed by atoms with Crippen molar-refractivity contribution in [2.45, 2.75) is 11.3 Å². The van der Waals surface area contributed by atoms with E-state index in [4.69, 9.17) is 0 Å². The van der Waals surface area contributed by atoms with Gasteiger partial charge in [-0.2, -0.15) is 4.31 Å². The van der Waals surface area contributed by atoms with Gasteiger partial charge in [-0.05, 0) is 24.3 Å². The highest BCUT2D eigenvalue weighted by Gasteiger charge is 2.32. The van der Waals surface area contributed by atoms with Crippen LogP contribution >= 0.6 is 0 Å². The number of imidazole rings is 1. The number of rotatable bonds is 5. The Morgan fingerprint density at radius 2 is 1.65 bits per heavy atom. The first kappa shape index (κ1) is 21.1. The van der Waals surface area contributed by atoms with E-state index in [1.165, 1.54) is 10.6 Å². The maximum atomic E-state index is 12.8. The van der Waals surface area contributed by atoms with Crippen molar-refractivity contribution in [2.24, 2.45) is 0 Å². The van der Waals surface area contributed by atoms with Gasteiger partial charge in [-0.3, -0.25) is 4.57 Å². The summed E-state index contributed by atoms with van der Waals surface area (Å²) in [4.78, 5) is 14.3. The summed E-state index contributed by atoms with van der Waals surface area (Å²) in [6.07, 6.45) is 1.59. The molecule has 9 nitrogen and oxygen atoms in total. The summed E-state index contributed by atoms with van der Waals surface area (Å²) < 4.78 is 69.3. The van der Waals surface area contributed by atoms with Crippen molar-refractivity contribution in [1.29, 1.82) is 0 Å². The molecule has 0 unspecified atom stereocenters. The molecule has 1 aromatic carbocycles. The van der Waals surface area contributed by atoms with Crippen LogP contribution in [0.4, 0.5) is 19.0 Å². The molecule has 164 valence electrons. The number of aromatic nitrogens is 4. The van der Waals surface area contributed by atoms with Gasteiger partial charge in [0.15, 0.2) is 0 Å². The largest absolute Gasteiger partial charge is 0.573 e. The number of alkyl halides is 3. The number of anilines is 1. The Bertz CT molecular complexity index is 1130. The predicted molar refractivity (Wildman–Crippen MR) is 103 cm³/mol. The highest BCUT2D eigenvalue weighted by Crippen LogP contribution is 2.26. The number of hydrogen-bond donors (Lipinski definition) is 0. The topological polar surface area (TPSA) is 93.5 Å². The number of nitrogens with zero attached hydrogens (tertiary/aromatic N) is 6. The van der Waals surface area contributed by atoms with E-state index in [0.29, 0.717) is 24.7 Å². The van der Waals surface area contributed by atoms with Gasteiger partial charge in [0.25, 0.3) is 0 Å². The van der Waals surface area contributed by atoms with E-state index in [0.717, 1.165) is 24.3 Å². The van der Waals surface area contributed by atoms with Crippen LogP contribution in [0.2, 0.25) is 0 Å². The summed E-state index contributed by atoms with van der Waals surface area (Å²) in [5.41, 5.74) is 0. The van der Waals surface area contributed by atoms with Crippen molar-refractivity contribution >= 4 is 15.8 Å². The van der Waals surface area contributed by atoms with Crippen LogP contribution in [-0.2, 0) is 10.0 Å². The maximum absolute atomic E-state index is 12.8. The second-order valence-electron chi connectivity index (χ2n) is 6.61. The summed E-state index contributed by atoms with van der Waals surface area (Å²) in [5.74, 6) is 0.817. The molecule has 0 bridgehead atoms. The lowest BCUT2D eigenvalue weighted by atomic mass is 10.3. The molecule has 13 heteroatoms. The lowest BCUT2D eigenvalue weighted by Crippen LogP contribution is -2.48. The molecule has 4 rings (SSSR count). The minimum Gasteiger partial charge on any atom is -0.406 e. The molecule has 0 aliphatic carbocycles. The third-order valence-corrected chi connectivity index (χ3v) is 6.58. The first-order valence-corrected chi connectivity index (χ1v) is 10.6. The van der Waals surface area contributed by atoms with Gasteiger partial charge in [-0.15, -0.1) is 13.2 Å². The van der Waals surface area contributed by atoms with Gasteiger partial charge >= 0.3 is 6.36 Å². The van der Waals surface area contributed by atoms with Gasteiger partial charge in [0.2, 0.25) is 10.0 Å². The molecule has 0 spiro atoms. The van der Waals surface area contributed by atoms with Crippen molar-refractivity contribution < 1.29 is 26.3 Å². The van der Waals surface area contributed by atoms with Crippen LogP contribution in [0.5, 0.6) is 5.75 Å². The van der Waals surface area contributed by atoms with Crippen molar-refractivity contribution in [2.75, 3.05) is 31.1 Å². The molecule has 1 aliphatic heterocycles. The fourth-order valence-electron chi connectivity index (χ4n) is 3.17. The van der Waals surface area contributed by atoms with Crippen LogP contribution in [0.3, 0.4) is 0 Å². The molecule has 1 fully saturated rings. The maximum Gasteiger partial charge on any atom is 0.573 e. The van der Waals surface area contributed by atoms with E-state index >= 15 is 0 Å². The first-order chi connectivity index (χ1) is 14.7. The Morgan fingerprint density at radius 1 is 0.968 bits per heavy atom. The van der Waals surface area contributed by atoms with Gasteiger partial charge in [-0.25, -0.2) is 23.4 Å². The average molecular weight is 454 g/mol. The number of halogens is 3. The number of sulfonamides is 1. The Kier molecular flexibility index (Phi) is 5.54. The summed E-state index contributed by atoms with van der Waals surface area (Å²) in [5, 5.41) is 0. The molecule has 2 aromatic heterocycles. The Labute approximate surface area is 175 Å². The molecule has 31 heavy (non-hydrogen) atoms. The van der Waals surface area contributed by atoms with Crippen LogP contribution in [0.15, 0.2) is 60.3 Å². The first-order valence-electron chi connectivity index (χ1n) is 9.14. The van der Waals surface area contributed by atoms with Crippen LogP contribution in [0.1, 0.15) is 0 Å². The van der Waals surface area contributed by atoms with Crippen molar-refractivity contribution in [1.82, 2.24) is 23.8 Å². The van der Waals surface area contributed by atoms with Gasteiger partial charge < -0.3 is 9.64 Å². The smallest absolute Gasteiger partial charge is 0.406 e. The molecule has 1 saturated heterocycles. The monoisotopic (exact) mass is 454 g/mol. The summed E-state index contributed by atoms with van der Waals surface area (Å²) in [7, 11) is -3.85. The number of ether oxygens (including phenoxy) is 1. The molecule has 0 amide bonds. The van der Waals surface area contributed by atoms with E-state index in [-0.39, 0.29) is 18.0 Å². The van der Waals surface area contributed by atoms with Gasteiger partial charge in [0.1, 0.15) is 30.0 Å². The van der Waals surface area contributed by atoms with E-state index in [9.17, 15) is 21.6 Å². The van der Waals surface area contributed by atoms with Crippen LogP contribution in [0, 0.1) is 0 Å². The summed E-state index contributed by atoms with van der Waals surface area (Å²) in [6, 6.07) is 5.95. The number of hydrogen-bond acceptors (Lipinski definition) is 7. The van der Waals surface area contributed by atoms with Crippen LogP contribution in [0.25, 0.3) is 5.82 Å². The molecule has 0 radical (unpaired) electrons. The summed E-state index contributed by atoms with van der Waals surface area (Å²) in [6.45, 7) is 1.20. The van der Waals surface area contributed by atoms with Crippen molar-refractivity contribution in [3.05, 3.63) is 55.4 Å². The zero-order valence-corrected chi connectivity index (χ0v) is 16.8. The lowest BCUT2D eigenvalue weighted by Gasteiger charge is -2.34.